The lowest BCUT2D eigenvalue weighted by Crippen LogP contribution is -2.42. The van der Waals surface area contributed by atoms with E-state index in [-0.39, 0.29) is 0 Å². The molecule has 25 heavy (non-hydrogen) atoms. The lowest BCUT2D eigenvalue weighted by atomic mass is 10.1. The van der Waals surface area contributed by atoms with Crippen molar-refractivity contribution >= 4 is 5.96 Å². The van der Waals surface area contributed by atoms with Crippen LogP contribution >= 0.6 is 0 Å². The molecular formula is C18H34N6O. The first-order valence-corrected chi connectivity index (χ1v) is 9.47. The molecule has 0 spiro atoms. The SMILES string of the molecule is CCNC(=NCc1cc(C(C)C)no1)NCCN1CCCN(C)CC1. The van der Waals surface area contributed by atoms with Crippen molar-refractivity contribution in [1.82, 2.24) is 25.6 Å². The van der Waals surface area contributed by atoms with Crippen molar-refractivity contribution in [3.05, 3.63) is 17.5 Å². The fourth-order valence-electron chi connectivity index (χ4n) is 2.83. The molecule has 0 bridgehead atoms. The van der Waals surface area contributed by atoms with Gasteiger partial charge in [0.2, 0.25) is 0 Å². The van der Waals surface area contributed by atoms with Crippen molar-refractivity contribution in [2.24, 2.45) is 4.99 Å². The van der Waals surface area contributed by atoms with Crippen molar-refractivity contribution in [3.8, 4) is 0 Å². The Hall–Kier alpha value is -1.60. The summed E-state index contributed by atoms with van der Waals surface area (Å²) in [5.41, 5.74) is 0.981. The zero-order valence-corrected chi connectivity index (χ0v) is 16.2. The van der Waals surface area contributed by atoms with Gasteiger partial charge in [0.25, 0.3) is 0 Å². The van der Waals surface area contributed by atoms with Gasteiger partial charge in [-0.3, -0.25) is 0 Å². The van der Waals surface area contributed by atoms with Crippen LogP contribution in [0.4, 0.5) is 0 Å². The first-order valence-electron chi connectivity index (χ1n) is 9.47. The third kappa shape index (κ3) is 7.04. The van der Waals surface area contributed by atoms with Gasteiger partial charge in [-0.05, 0) is 39.4 Å². The molecule has 1 aromatic heterocycles. The van der Waals surface area contributed by atoms with Gasteiger partial charge in [0.05, 0.1) is 5.69 Å². The normalized spacial score (nSPS) is 17.7. The van der Waals surface area contributed by atoms with Crippen LogP contribution in [0.3, 0.4) is 0 Å². The largest absolute Gasteiger partial charge is 0.359 e. The molecule has 0 atom stereocenters. The molecule has 2 rings (SSSR count). The highest BCUT2D eigenvalue weighted by Gasteiger charge is 2.12. The summed E-state index contributed by atoms with van der Waals surface area (Å²) in [4.78, 5) is 9.53. The van der Waals surface area contributed by atoms with Crippen molar-refractivity contribution in [2.45, 2.75) is 39.7 Å². The van der Waals surface area contributed by atoms with Crippen LogP contribution in [0.1, 0.15) is 44.6 Å². The molecule has 0 saturated carbocycles. The number of aromatic nitrogens is 1. The Balaban J connectivity index is 1.78. The molecule has 0 unspecified atom stereocenters. The molecule has 7 nitrogen and oxygen atoms in total. The maximum Gasteiger partial charge on any atom is 0.191 e. The Labute approximate surface area is 151 Å². The van der Waals surface area contributed by atoms with E-state index < -0.39 is 0 Å². The van der Waals surface area contributed by atoms with E-state index in [0.717, 1.165) is 50.1 Å². The van der Waals surface area contributed by atoms with Gasteiger partial charge in [0.1, 0.15) is 6.54 Å². The molecule has 142 valence electrons. The predicted octanol–water partition coefficient (Wildman–Crippen LogP) is 1.49. The topological polar surface area (TPSA) is 68.9 Å². The van der Waals surface area contributed by atoms with E-state index in [1.165, 1.54) is 19.5 Å². The highest BCUT2D eigenvalue weighted by Crippen LogP contribution is 2.14. The van der Waals surface area contributed by atoms with E-state index in [4.69, 9.17) is 4.52 Å². The van der Waals surface area contributed by atoms with Crippen LogP contribution in [-0.2, 0) is 6.54 Å². The molecule has 0 amide bonds. The minimum absolute atomic E-state index is 0.375. The second-order valence-electron chi connectivity index (χ2n) is 6.99. The van der Waals surface area contributed by atoms with Crippen molar-refractivity contribution in [2.75, 3.05) is 52.9 Å². The summed E-state index contributed by atoms with van der Waals surface area (Å²) in [6.45, 7) is 14.2. The summed E-state index contributed by atoms with van der Waals surface area (Å²) in [5.74, 6) is 2.01. The van der Waals surface area contributed by atoms with E-state index in [9.17, 15) is 0 Å². The van der Waals surface area contributed by atoms with Crippen LogP contribution in [0.15, 0.2) is 15.6 Å². The number of nitrogens with zero attached hydrogens (tertiary/aromatic N) is 4. The van der Waals surface area contributed by atoms with Crippen molar-refractivity contribution in [3.63, 3.8) is 0 Å². The number of nitrogens with one attached hydrogen (secondary N) is 2. The molecule has 1 aromatic rings. The van der Waals surface area contributed by atoms with E-state index in [1.807, 2.05) is 6.07 Å². The Morgan fingerprint density at radius 3 is 2.84 bits per heavy atom. The van der Waals surface area contributed by atoms with Crippen molar-refractivity contribution < 1.29 is 4.52 Å². The summed E-state index contributed by atoms with van der Waals surface area (Å²) in [7, 11) is 2.20. The van der Waals surface area contributed by atoms with Gasteiger partial charge in [-0.25, -0.2) is 4.99 Å². The standard InChI is InChI=1S/C18H34N6O/c1-5-19-18(21-14-16-13-17(15(2)3)22-25-16)20-7-10-24-9-6-8-23(4)11-12-24/h13,15H,5-12,14H2,1-4H3,(H2,19,20,21). The van der Waals surface area contributed by atoms with Gasteiger partial charge in [-0.1, -0.05) is 19.0 Å². The number of aliphatic imine (C=N–C) groups is 1. The van der Waals surface area contributed by atoms with Gasteiger partial charge < -0.3 is 25.0 Å². The second kappa shape index (κ2) is 10.4. The zero-order valence-electron chi connectivity index (χ0n) is 16.2. The summed E-state index contributed by atoms with van der Waals surface area (Å²) in [6.07, 6.45) is 1.24. The predicted molar refractivity (Wildman–Crippen MR) is 102 cm³/mol. The third-order valence-corrected chi connectivity index (χ3v) is 4.44. The van der Waals surface area contributed by atoms with Gasteiger partial charge in [-0.2, -0.15) is 0 Å². The minimum atomic E-state index is 0.375. The zero-order chi connectivity index (χ0) is 18.1. The lowest BCUT2D eigenvalue weighted by molar-refractivity contribution is 0.280. The third-order valence-electron chi connectivity index (χ3n) is 4.44. The number of guanidine groups is 1. The summed E-state index contributed by atoms with van der Waals surface area (Å²) in [5, 5.41) is 10.8. The maximum atomic E-state index is 5.35. The van der Waals surface area contributed by atoms with Crippen LogP contribution < -0.4 is 10.6 Å². The number of rotatable bonds is 7. The number of hydrogen-bond acceptors (Lipinski definition) is 5. The van der Waals surface area contributed by atoms with Gasteiger partial charge in [-0.15, -0.1) is 0 Å². The summed E-state index contributed by atoms with van der Waals surface area (Å²) >= 11 is 0. The van der Waals surface area contributed by atoms with Crippen LogP contribution in [0, 0.1) is 0 Å². The molecule has 2 heterocycles. The monoisotopic (exact) mass is 350 g/mol. The first-order chi connectivity index (χ1) is 12.1. The van der Waals surface area contributed by atoms with Crippen LogP contribution in [0.25, 0.3) is 0 Å². The molecule has 1 saturated heterocycles. The second-order valence-corrected chi connectivity index (χ2v) is 6.99. The van der Waals surface area contributed by atoms with E-state index in [2.05, 4.69) is 58.4 Å². The molecule has 7 heteroatoms. The van der Waals surface area contributed by atoms with Gasteiger partial charge in [0, 0.05) is 38.8 Å². The summed E-state index contributed by atoms with van der Waals surface area (Å²) < 4.78 is 5.35. The van der Waals surface area contributed by atoms with Crippen molar-refractivity contribution in [1.29, 1.82) is 0 Å². The van der Waals surface area contributed by atoms with Gasteiger partial charge in [0.15, 0.2) is 11.7 Å². The van der Waals surface area contributed by atoms with Crippen LogP contribution in [0.2, 0.25) is 0 Å². The molecule has 0 aromatic carbocycles. The average molecular weight is 351 g/mol. The molecule has 1 aliphatic rings. The molecule has 0 radical (unpaired) electrons. The Kier molecular flexibility index (Phi) is 8.21. The fourth-order valence-corrected chi connectivity index (χ4v) is 2.83. The maximum absolute atomic E-state index is 5.35. The first kappa shape index (κ1) is 19.7. The van der Waals surface area contributed by atoms with E-state index in [1.54, 1.807) is 0 Å². The highest BCUT2D eigenvalue weighted by molar-refractivity contribution is 5.79. The number of likely N-dealkylation sites (N-methyl/N-ethyl adjacent to an activating group) is 1. The average Bonchev–Trinajstić information content (AvgIpc) is 2.97. The number of hydrogen-bond donors (Lipinski definition) is 2. The summed E-state index contributed by atoms with van der Waals surface area (Å²) in [6, 6.07) is 1.99. The Morgan fingerprint density at radius 1 is 1.28 bits per heavy atom. The quantitative estimate of drug-likeness (QED) is 0.574. The van der Waals surface area contributed by atoms with E-state index >= 15 is 0 Å². The molecule has 0 aliphatic carbocycles. The highest BCUT2D eigenvalue weighted by atomic mass is 16.5. The van der Waals surface area contributed by atoms with Gasteiger partial charge >= 0.3 is 0 Å². The molecule has 1 fully saturated rings. The van der Waals surface area contributed by atoms with Crippen LogP contribution in [-0.4, -0.2) is 73.8 Å². The smallest absolute Gasteiger partial charge is 0.191 e. The minimum Gasteiger partial charge on any atom is -0.359 e. The Bertz CT molecular complexity index is 527. The lowest BCUT2D eigenvalue weighted by Gasteiger charge is -2.21. The van der Waals surface area contributed by atoms with Crippen LogP contribution in [0.5, 0.6) is 0 Å². The fraction of sp³-hybridized carbons (Fsp3) is 0.778. The molecule has 2 N–H and O–H groups in total. The molecular weight excluding hydrogens is 316 g/mol. The molecule has 1 aliphatic heterocycles. The Morgan fingerprint density at radius 2 is 2.12 bits per heavy atom. The van der Waals surface area contributed by atoms with E-state index in [0.29, 0.717) is 12.5 Å².